The molecule has 1 aromatic heterocycles. The Morgan fingerprint density at radius 1 is 1.26 bits per heavy atom. The molecule has 0 aliphatic rings. The van der Waals surface area contributed by atoms with E-state index in [1.165, 1.54) is 0 Å². The van der Waals surface area contributed by atoms with E-state index in [9.17, 15) is 0 Å². The lowest BCUT2D eigenvalue weighted by atomic mass is 10.2. The van der Waals surface area contributed by atoms with Gasteiger partial charge in [0.2, 0.25) is 0 Å². The van der Waals surface area contributed by atoms with Gasteiger partial charge in [-0.15, -0.1) is 0 Å². The summed E-state index contributed by atoms with van der Waals surface area (Å²) < 4.78 is 0. The highest BCUT2D eigenvalue weighted by atomic mass is 35.5. The maximum absolute atomic E-state index is 6.05. The lowest BCUT2D eigenvalue weighted by Crippen LogP contribution is -2.38. The zero-order valence-corrected chi connectivity index (χ0v) is 14.4. The van der Waals surface area contributed by atoms with E-state index in [4.69, 9.17) is 11.6 Å². The Kier molecular flexibility index (Phi) is 6.88. The van der Waals surface area contributed by atoms with E-state index in [0.717, 1.165) is 41.7 Å². The number of aromatic nitrogens is 1. The first-order chi connectivity index (χ1) is 11.2. The van der Waals surface area contributed by atoms with Gasteiger partial charge in [0.25, 0.3) is 0 Å². The summed E-state index contributed by atoms with van der Waals surface area (Å²) in [5, 5.41) is 4.08. The van der Waals surface area contributed by atoms with E-state index in [0.29, 0.717) is 6.54 Å². The molecule has 1 aromatic carbocycles. The van der Waals surface area contributed by atoms with Crippen LogP contribution in [0.5, 0.6) is 0 Å². The number of hydrogen-bond acceptors (Lipinski definition) is 2. The smallest absolute Gasteiger partial charge is 0.193 e. The molecule has 0 atom stereocenters. The van der Waals surface area contributed by atoms with E-state index in [1.807, 2.05) is 49.6 Å². The molecule has 122 valence electrons. The molecule has 0 saturated heterocycles. The van der Waals surface area contributed by atoms with Gasteiger partial charge in [-0.3, -0.25) is 9.98 Å². The van der Waals surface area contributed by atoms with Crippen molar-refractivity contribution in [3.05, 3.63) is 64.9 Å². The van der Waals surface area contributed by atoms with Crippen LogP contribution in [0.25, 0.3) is 0 Å². The Hall–Kier alpha value is -2.07. The van der Waals surface area contributed by atoms with Crippen molar-refractivity contribution in [3.63, 3.8) is 0 Å². The minimum atomic E-state index is 0.708. The van der Waals surface area contributed by atoms with Gasteiger partial charge < -0.3 is 10.2 Å². The monoisotopic (exact) mass is 330 g/mol. The molecular weight excluding hydrogens is 308 g/mol. The van der Waals surface area contributed by atoms with Crippen molar-refractivity contribution in [2.24, 2.45) is 4.99 Å². The molecule has 0 fully saturated rings. The molecule has 0 saturated carbocycles. The van der Waals surface area contributed by atoms with Crippen LogP contribution >= 0.6 is 11.6 Å². The topological polar surface area (TPSA) is 40.5 Å². The predicted octanol–water partition coefficient (Wildman–Crippen LogP) is 3.38. The van der Waals surface area contributed by atoms with Gasteiger partial charge in [0, 0.05) is 50.0 Å². The molecule has 5 heteroatoms. The minimum Gasteiger partial charge on any atom is -0.357 e. The van der Waals surface area contributed by atoms with Crippen LogP contribution in [0.3, 0.4) is 0 Å². The lowest BCUT2D eigenvalue weighted by molar-refractivity contribution is 0.477. The number of nitrogens with one attached hydrogen (secondary N) is 1. The van der Waals surface area contributed by atoms with Crippen LogP contribution in [-0.4, -0.2) is 36.0 Å². The van der Waals surface area contributed by atoms with E-state index < -0.39 is 0 Å². The largest absolute Gasteiger partial charge is 0.357 e. The molecule has 0 radical (unpaired) electrons. The van der Waals surface area contributed by atoms with Crippen molar-refractivity contribution in [3.8, 4) is 0 Å². The Bertz CT molecular complexity index is 628. The predicted molar refractivity (Wildman–Crippen MR) is 96.8 cm³/mol. The van der Waals surface area contributed by atoms with Gasteiger partial charge in [-0.2, -0.15) is 0 Å². The summed E-state index contributed by atoms with van der Waals surface area (Å²) in [6.45, 7) is 4.37. The third-order valence-electron chi connectivity index (χ3n) is 3.36. The highest BCUT2D eigenvalue weighted by Gasteiger charge is 2.06. The normalized spacial score (nSPS) is 11.3. The van der Waals surface area contributed by atoms with Gasteiger partial charge in [0.05, 0.1) is 0 Å². The van der Waals surface area contributed by atoms with Crippen LogP contribution in [0.2, 0.25) is 5.02 Å². The van der Waals surface area contributed by atoms with Gasteiger partial charge in [-0.25, -0.2) is 0 Å². The second-order valence-corrected chi connectivity index (χ2v) is 5.73. The summed E-state index contributed by atoms with van der Waals surface area (Å²) in [6, 6.07) is 13.9. The van der Waals surface area contributed by atoms with Gasteiger partial charge in [0.15, 0.2) is 5.96 Å². The zero-order valence-electron chi connectivity index (χ0n) is 13.7. The molecule has 0 bridgehead atoms. The fraction of sp³-hybridized carbons (Fsp3) is 0.333. The average Bonchev–Trinajstić information content (AvgIpc) is 2.55. The third-order valence-corrected chi connectivity index (χ3v) is 3.60. The molecule has 1 N–H and O–H groups in total. The zero-order chi connectivity index (χ0) is 16.5. The molecule has 0 aliphatic carbocycles. The number of rotatable bonds is 6. The SMILES string of the molecule is CCNC(=NCCc1ccccn1)N(C)Cc1cccc(Cl)c1. The summed E-state index contributed by atoms with van der Waals surface area (Å²) in [5.74, 6) is 0.892. The van der Waals surface area contributed by atoms with Crippen molar-refractivity contribution < 1.29 is 0 Å². The van der Waals surface area contributed by atoms with Crippen molar-refractivity contribution >= 4 is 17.6 Å². The van der Waals surface area contributed by atoms with Gasteiger partial charge in [-0.05, 0) is 36.8 Å². The molecule has 2 aromatic rings. The fourth-order valence-corrected chi connectivity index (χ4v) is 2.49. The average molecular weight is 331 g/mol. The van der Waals surface area contributed by atoms with Gasteiger partial charge >= 0.3 is 0 Å². The molecule has 0 amide bonds. The first kappa shape index (κ1) is 17.3. The molecule has 0 unspecified atom stereocenters. The summed E-state index contributed by atoms with van der Waals surface area (Å²) >= 11 is 6.05. The van der Waals surface area contributed by atoms with Crippen molar-refractivity contribution in [2.75, 3.05) is 20.1 Å². The first-order valence-electron chi connectivity index (χ1n) is 7.83. The van der Waals surface area contributed by atoms with Crippen LogP contribution in [0, 0.1) is 0 Å². The second kappa shape index (κ2) is 9.16. The Morgan fingerprint density at radius 3 is 2.83 bits per heavy atom. The summed E-state index contributed by atoms with van der Waals surface area (Å²) in [5.41, 5.74) is 2.22. The standard InChI is InChI=1S/C18H23ClN4/c1-3-20-18(22-12-10-17-9-4-5-11-21-17)23(2)14-15-7-6-8-16(19)13-15/h4-9,11,13H,3,10,12,14H2,1-2H3,(H,20,22). The highest BCUT2D eigenvalue weighted by Crippen LogP contribution is 2.12. The molecular formula is C18H23ClN4. The van der Waals surface area contributed by atoms with Crippen LogP contribution in [0.15, 0.2) is 53.7 Å². The number of hydrogen-bond donors (Lipinski definition) is 1. The number of pyridine rings is 1. The van der Waals surface area contributed by atoms with E-state index in [2.05, 4.69) is 33.2 Å². The quantitative estimate of drug-likeness (QED) is 0.652. The van der Waals surface area contributed by atoms with Crippen LogP contribution in [0.4, 0.5) is 0 Å². The van der Waals surface area contributed by atoms with Crippen molar-refractivity contribution in [2.45, 2.75) is 19.9 Å². The summed E-state index contributed by atoms with van der Waals surface area (Å²) in [4.78, 5) is 11.1. The van der Waals surface area contributed by atoms with Crippen molar-refractivity contribution in [1.29, 1.82) is 0 Å². The number of nitrogens with zero attached hydrogens (tertiary/aromatic N) is 3. The van der Waals surface area contributed by atoms with Crippen LogP contribution < -0.4 is 5.32 Å². The molecule has 2 rings (SSSR count). The number of guanidine groups is 1. The van der Waals surface area contributed by atoms with Gasteiger partial charge in [-0.1, -0.05) is 29.8 Å². The summed E-state index contributed by atoms with van der Waals surface area (Å²) in [6.07, 6.45) is 2.65. The Morgan fingerprint density at radius 2 is 2.13 bits per heavy atom. The van der Waals surface area contributed by atoms with Crippen molar-refractivity contribution in [1.82, 2.24) is 15.2 Å². The second-order valence-electron chi connectivity index (χ2n) is 5.29. The van der Waals surface area contributed by atoms with E-state index >= 15 is 0 Å². The number of benzene rings is 1. The van der Waals surface area contributed by atoms with E-state index in [1.54, 1.807) is 0 Å². The first-order valence-corrected chi connectivity index (χ1v) is 8.20. The van der Waals surface area contributed by atoms with E-state index in [-0.39, 0.29) is 0 Å². The number of aliphatic imine (C=N–C) groups is 1. The minimum absolute atomic E-state index is 0.708. The van der Waals surface area contributed by atoms with Crippen LogP contribution in [0.1, 0.15) is 18.2 Å². The summed E-state index contributed by atoms with van der Waals surface area (Å²) in [7, 11) is 2.03. The molecule has 0 aliphatic heterocycles. The molecule has 1 heterocycles. The highest BCUT2D eigenvalue weighted by molar-refractivity contribution is 6.30. The third kappa shape index (κ3) is 5.91. The maximum atomic E-state index is 6.05. The van der Waals surface area contributed by atoms with Crippen LogP contribution in [-0.2, 0) is 13.0 Å². The fourth-order valence-electron chi connectivity index (χ4n) is 2.28. The Labute approximate surface area is 143 Å². The number of halogens is 1. The molecule has 4 nitrogen and oxygen atoms in total. The lowest BCUT2D eigenvalue weighted by Gasteiger charge is -2.22. The molecule has 0 spiro atoms. The van der Waals surface area contributed by atoms with Gasteiger partial charge in [0.1, 0.15) is 0 Å². The Balaban J connectivity index is 1.97. The molecule has 23 heavy (non-hydrogen) atoms. The maximum Gasteiger partial charge on any atom is 0.193 e.